The summed E-state index contributed by atoms with van der Waals surface area (Å²) in [4.78, 5) is 24.5. The molecule has 1 aromatic carbocycles. The smallest absolute Gasteiger partial charge is 0.342 e. The first-order valence-electron chi connectivity index (χ1n) is 8.48. The number of anilines is 1. The first kappa shape index (κ1) is 19.1. The van der Waals surface area contributed by atoms with E-state index in [-0.39, 0.29) is 12.4 Å². The average Bonchev–Trinajstić information content (AvgIpc) is 2.96. The number of fused-ring (bicyclic) bond motifs is 1. The van der Waals surface area contributed by atoms with Gasteiger partial charge in [-0.15, -0.1) is 0 Å². The molecule has 0 saturated carbocycles. The summed E-state index contributed by atoms with van der Waals surface area (Å²) in [6.07, 6.45) is 3.95. The second-order valence-electron chi connectivity index (χ2n) is 6.55. The van der Waals surface area contributed by atoms with E-state index in [1.807, 2.05) is 0 Å². The van der Waals surface area contributed by atoms with Gasteiger partial charge in [0.1, 0.15) is 5.56 Å². The highest BCUT2D eigenvalue weighted by Crippen LogP contribution is 2.30. The molecule has 0 aliphatic carbocycles. The van der Waals surface area contributed by atoms with Gasteiger partial charge >= 0.3 is 5.97 Å². The minimum Gasteiger partial charge on any atom is -0.454 e. The van der Waals surface area contributed by atoms with Gasteiger partial charge in [-0.25, -0.2) is 13.2 Å². The molecule has 27 heavy (non-hydrogen) atoms. The highest BCUT2D eigenvalue weighted by atomic mass is 32.2. The molecule has 0 saturated heterocycles. The van der Waals surface area contributed by atoms with Crippen LogP contribution in [0.4, 0.5) is 5.69 Å². The summed E-state index contributed by atoms with van der Waals surface area (Å²) >= 11 is 0. The molecule has 1 aromatic heterocycles. The molecular weight excluding hydrogens is 370 g/mol. The number of Topliss-reactive ketones (excluding diaryl/α,β-unsaturated/α-hetero) is 1. The van der Waals surface area contributed by atoms with Crippen molar-refractivity contribution in [3.8, 4) is 0 Å². The third-order valence-electron chi connectivity index (χ3n) is 4.67. The number of aryl methyl sites for hydroxylation is 2. The predicted octanol–water partition coefficient (Wildman–Crippen LogP) is 1.48. The molecule has 0 N–H and O–H groups in total. The van der Waals surface area contributed by atoms with E-state index in [0.29, 0.717) is 41.9 Å². The van der Waals surface area contributed by atoms with E-state index in [0.717, 1.165) is 5.56 Å². The van der Waals surface area contributed by atoms with Gasteiger partial charge in [-0.05, 0) is 43.5 Å². The van der Waals surface area contributed by atoms with E-state index in [1.54, 1.807) is 36.9 Å². The van der Waals surface area contributed by atoms with Gasteiger partial charge in [-0.3, -0.25) is 13.8 Å². The van der Waals surface area contributed by atoms with E-state index >= 15 is 0 Å². The number of ketones is 1. The van der Waals surface area contributed by atoms with Gasteiger partial charge in [0.25, 0.3) is 0 Å². The molecule has 0 spiro atoms. The number of esters is 1. The summed E-state index contributed by atoms with van der Waals surface area (Å²) in [6.45, 7) is 1.78. The van der Waals surface area contributed by atoms with Gasteiger partial charge in [-0.1, -0.05) is 0 Å². The molecule has 9 heteroatoms. The van der Waals surface area contributed by atoms with Crippen LogP contribution >= 0.6 is 0 Å². The summed E-state index contributed by atoms with van der Waals surface area (Å²) in [5.41, 5.74) is 2.76. The van der Waals surface area contributed by atoms with E-state index in [1.165, 1.54) is 16.8 Å². The zero-order valence-electron chi connectivity index (χ0n) is 15.4. The molecule has 0 fully saturated rings. The molecule has 0 radical (unpaired) electrons. The Morgan fingerprint density at radius 2 is 2.04 bits per heavy atom. The zero-order chi connectivity index (χ0) is 19.8. The fourth-order valence-corrected chi connectivity index (χ4v) is 4.07. The first-order chi connectivity index (χ1) is 12.7. The highest BCUT2D eigenvalue weighted by molar-refractivity contribution is 7.92. The summed E-state index contributed by atoms with van der Waals surface area (Å²) in [6, 6.07) is 4.88. The van der Waals surface area contributed by atoms with Gasteiger partial charge in [0.05, 0.1) is 18.1 Å². The molecule has 0 bridgehead atoms. The summed E-state index contributed by atoms with van der Waals surface area (Å²) in [5, 5.41) is 3.97. The van der Waals surface area contributed by atoms with Crippen LogP contribution in [-0.2, 0) is 28.2 Å². The summed E-state index contributed by atoms with van der Waals surface area (Å²) in [7, 11) is -1.64. The van der Waals surface area contributed by atoms with E-state index in [4.69, 9.17) is 4.74 Å². The predicted molar refractivity (Wildman–Crippen MR) is 99.5 cm³/mol. The number of carbonyl (C=O) groups excluding carboxylic acids is 2. The Morgan fingerprint density at radius 3 is 2.67 bits per heavy atom. The Kier molecular flexibility index (Phi) is 5.05. The van der Waals surface area contributed by atoms with Crippen molar-refractivity contribution in [1.82, 2.24) is 9.78 Å². The van der Waals surface area contributed by atoms with Crippen molar-refractivity contribution in [3.63, 3.8) is 0 Å². The van der Waals surface area contributed by atoms with Crippen molar-refractivity contribution in [2.45, 2.75) is 19.8 Å². The van der Waals surface area contributed by atoms with Crippen molar-refractivity contribution < 1.29 is 22.7 Å². The van der Waals surface area contributed by atoms with Gasteiger partial charge < -0.3 is 4.74 Å². The quantitative estimate of drug-likeness (QED) is 0.566. The van der Waals surface area contributed by atoms with Crippen molar-refractivity contribution in [2.24, 2.45) is 7.05 Å². The van der Waals surface area contributed by atoms with Crippen molar-refractivity contribution >= 4 is 27.5 Å². The van der Waals surface area contributed by atoms with Gasteiger partial charge in [0, 0.05) is 24.8 Å². The summed E-state index contributed by atoms with van der Waals surface area (Å²) < 4.78 is 31.8. The van der Waals surface area contributed by atoms with Gasteiger partial charge in [-0.2, -0.15) is 5.10 Å². The van der Waals surface area contributed by atoms with Crippen molar-refractivity contribution in [2.75, 3.05) is 23.7 Å². The SMILES string of the molecule is Cc1c(C(=O)OCC(=O)c2ccc3c(c2)CCCN3S(C)(=O)=O)cnn1C. The zero-order valence-corrected chi connectivity index (χ0v) is 16.2. The first-order valence-corrected chi connectivity index (χ1v) is 10.3. The van der Waals surface area contributed by atoms with E-state index in [2.05, 4.69) is 5.10 Å². The highest BCUT2D eigenvalue weighted by Gasteiger charge is 2.25. The summed E-state index contributed by atoms with van der Waals surface area (Å²) in [5.74, 6) is -0.945. The van der Waals surface area contributed by atoms with Crippen molar-refractivity contribution in [3.05, 3.63) is 46.8 Å². The van der Waals surface area contributed by atoms with Gasteiger partial charge in [0.2, 0.25) is 10.0 Å². The maximum absolute atomic E-state index is 12.4. The lowest BCUT2D eigenvalue weighted by Gasteiger charge is -2.29. The second kappa shape index (κ2) is 7.15. The number of hydrogen-bond donors (Lipinski definition) is 0. The van der Waals surface area contributed by atoms with Crippen LogP contribution in [0.5, 0.6) is 0 Å². The maximum atomic E-state index is 12.4. The Balaban J connectivity index is 1.73. The third kappa shape index (κ3) is 3.87. The van der Waals surface area contributed by atoms with Crippen LogP contribution in [0.2, 0.25) is 0 Å². The van der Waals surface area contributed by atoms with E-state index in [9.17, 15) is 18.0 Å². The van der Waals surface area contributed by atoms with Crippen LogP contribution in [0, 0.1) is 6.92 Å². The lowest BCUT2D eigenvalue weighted by atomic mass is 9.99. The normalized spacial score (nSPS) is 14.0. The standard InChI is InChI=1S/C18H21N3O5S/c1-12-15(10-19-20(12)2)18(23)26-11-17(22)14-6-7-16-13(9-14)5-4-8-21(16)27(3,24)25/h6-7,9-10H,4-5,8,11H2,1-3H3. The monoisotopic (exact) mass is 391 g/mol. The van der Waals surface area contributed by atoms with Crippen LogP contribution in [0.1, 0.15) is 38.4 Å². The third-order valence-corrected chi connectivity index (χ3v) is 5.85. The number of hydrogen-bond acceptors (Lipinski definition) is 6. The average molecular weight is 391 g/mol. The van der Waals surface area contributed by atoms with Crippen LogP contribution in [0.3, 0.4) is 0 Å². The van der Waals surface area contributed by atoms with Gasteiger partial charge in [0.15, 0.2) is 12.4 Å². The number of aromatic nitrogens is 2. The molecule has 3 rings (SSSR count). The Bertz CT molecular complexity index is 1010. The molecule has 2 aromatic rings. The van der Waals surface area contributed by atoms with Crippen LogP contribution in [0.25, 0.3) is 0 Å². The Hall–Kier alpha value is -2.68. The minimum absolute atomic E-state index is 0.319. The van der Waals surface area contributed by atoms with Crippen LogP contribution in [0.15, 0.2) is 24.4 Å². The molecular formula is C18H21N3O5S. The molecule has 2 heterocycles. The fourth-order valence-electron chi connectivity index (χ4n) is 3.07. The lowest BCUT2D eigenvalue weighted by molar-refractivity contribution is 0.0474. The topological polar surface area (TPSA) is 98.6 Å². The lowest BCUT2D eigenvalue weighted by Crippen LogP contribution is -2.34. The number of sulfonamides is 1. The molecule has 0 amide bonds. The fraction of sp³-hybridized carbons (Fsp3) is 0.389. The number of benzene rings is 1. The largest absolute Gasteiger partial charge is 0.454 e. The van der Waals surface area contributed by atoms with Crippen LogP contribution < -0.4 is 4.31 Å². The Morgan fingerprint density at radius 1 is 1.30 bits per heavy atom. The number of ether oxygens (including phenoxy) is 1. The number of nitrogens with zero attached hydrogens (tertiary/aromatic N) is 3. The van der Waals surface area contributed by atoms with Crippen molar-refractivity contribution in [1.29, 1.82) is 0 Å². The minimum atomic E-state index is -3.36. The molecule has 144 valence electrons. The maximum Gasteiger partial charge on any atom is 0.342 e. The molecule has 8 nitrogen and oxygen atoms in total. The van der Waals surface area contributed by atoms with E-state index < -0.39 is 16.0 Å². The van der Waals surface area contributed by atoms with Crippen LogP contribution in [-0.4, -0.2) is 49.4 Å². The molecule has 0 unspecified atom stereocenters. The molecule has 1 aliphatic heterocycles. The molecule has 1 aliphatic rings. The number of rotatable bonds is 5. The molecule has 0 atom stereocenters. The number of carbonyl (C=O) groups is 2. The Labute approximate surface area is 157 Å². The second-order valence-corrected chi connectivity index (χ2v) is 8.46.